The topological polar surface area (TPSA) is 23.8 Å². The summed E-state index contributed by atoms with van der Waals surface area (Å²) in [5.41, 5.74) is 3.08. The standard InChI is InChI=1S/C9H9BN/c1-7-3-4-8(6-11)5-9(7)10-2/h3-5H,1-2H3. The highest BCUT2D eigenvalue weighted by atomic mass is 14.2. The molecule has 0 aliphatic rings. The first kappa shape index (κ1) is 7.88. The number of rotatable bonds is 1. The molecule has 0 aliphatic carbocycles. The molecule has 1 rings (SSSR count). The molecule has 1 aromatic rings. The maximum absolute atomic E-state index is 8.58. The summed E-state index contributed by atoms with van der Waals surface area (Å²) in [7, 11) is 2.01. The van der Waals surface area contributed by atoms with Crippen LogP contribution >= 0.6 is 0 Å². The van der Waals surface area contributed by atoms with Gasteiger partial charge in [-0.3, -0.25) is 0 Å². The molecule has 2 heteroatoms. The second-order valence-corrected chi connectivity index (χ2v) is 2.47. The zero-order chi connectivity index (χ0) is 8.27. The van der Waals surface area contributed by atoms with Gasteiger partial charge in [0.15, 0.2) is 0 Å². The van der Waals surface area contributed by atoms with Crippen molar-refractivity contribution in [2.24, 2.45) is 0 Å². The summed E-state index contributed by atoms with van der Waals surface area (Å²) in [6.45, 7) is 4.01. The minimum absolute atomic E-state index is 0.726. The maximum Gasteiger partial charge on any atom is 0.148 e. The number of benzene rings is 1. The van der Waals surface area contributed by atoms with Gasteiger partial charge in [-0.25, -0.2) is 0 Å². The average molecular weight is 142 g/mol. The Morgan fingerprint density at radius 1 is 1.45 bits per heavy atom. The fraction of sp³-hybridized carbons (Fsp3) is 0.222. The van der Waals surface area contributed by atoms with Gasteiger partial charge in [0.05, 0.1) is 11.6 Å². The molecular formula is C9H9BN. The molecule has 0 bridgehead atoms. The van der Waals surface area contributed by atoms with Crippen LogP contribution in [0.2, 0.25) is 6.82 Å². The van der Waals surface area contributed by atoms with E-state index in [4.69, 9.17) is 5.26 Å². The van der Waals surface area contributed by atoms with E-state index in [1.54, 1.807) is 0 Å². The summed E-state index contributed by atoms with van der Waals surface area (Å²) in [5, 5.41) is 8.58. The van der Waals surface area contributed by atoms with E-state index in [0.717, 1.165) is 11.0 Å². The normalized spacial score (nSPS) is 8.82. The van der Waals surface area contributed by atoms with E-state index in [2.05, 4.69) is 6.07 Å². The molecule has 0 spiro atoms. The van der Waals surface area contributed by atoms with Crippen LogP contribution in [0.15, 0.2) is 18.2 Å². The van der Waals surface area contributed by atoms with Gasteiger partial charge < -0.3 is 0 Å². The van der Waals surface area contributed by atoms with E-state index < -0.39 is 0 Å². The molecule has 1 aromatic carbocycles. The third-order valence-electron chi connectivity index (χ3n) is 1.72. The smallest absolute Gasteiger partial charge is 0.148 e. The van der Waals surface area contributed by atoms with Gasteiger partial charge in [-0.1, -0.05) is 30.0 Å². The van der Waals surface area contributed by atoms with Gasteiger partial charge in [0.25, 0.3) is 0 Å². The van der Waals surface area contributed by atoms with Crippen LogP contribution < -0.4 is 5.46 Å². The van der Waals surface area contributed by atoms with Crippen molar-refractivity contribution in [2.45, 2.75) is 13.7 Å². The predicted molar refractivity (Wildman–Crippen MR) is 47.1 cm³/mol. The summed E-state index contributed by atoms with van der Waals surface area (Å²) in [6, 6.07) is 7.81. The number of hydrogen-bond acceptors (Lipinski definition) is 1. The number of nitrogens with zero attached hydrogens (tertiary/aromatic N) is 1. The molecular weight excluding hydrogens is 133 g/mol. The lowest BCUT2D eigenvalue weighted by Gasteiger charge is -2.00. The van der Waals surface area contributed by atoms with Crippen LogP contribution in [0.25, 0.3) is 0 Å². The fourth-order valence-corrected chi connectivity index (χ4v) is 1.02. The minimum Gasteiger partial charge on any atom is -0.192 e. The minimum atomic E-state index is 0.726. The zero-order valence-electron chi connectivity index (χ0n) is 6.76. The Kier molecular flexibility index (Phi) is 2.33. The Labute approximate surface area is 67.9 Å². The zero-order valence-corrected chi connectivity index (χ0v) is 6.76. The molecule has 0 unspecified atom stereocenters. The molecule has 0 saturated heterocycles. The highest BCUT2D eigenvalue weighted by Crippen LogP contribution is 1.98. The van der Waals surface area contributed by atoms with E-state index in [1.165, 1.54) is 5.56 Å². The lowest BCUT2D eigenvalue weighted by molar-refractivity contribution is 1.45. The van der Waals surface area contributed by atoms with Crippen molar-refractivity contribution in [3.8, 4) is 6.07 Å². The van der Waals surface area contributed by atoms with Crippen molar-refractivity contribution in [1.29, 1.82) is 5.26 Å². The molecule has 0 aromatic heterocycles. The summed E-state index contributed by atoms with van der Waals surface area (Å²) < 4.78 is 0. The van der Waals surface area contributed by atoms with Crippen molar-refractivity contribution >= 4 is 12.7 Å². The molecule has 0 saturated carbocycles. The van der Waals surface area contributed by atoms with Crippen molar-refractivity contribution in [3.63, 3.8) is 0 Å². The van der Waals surface area contributed by atoms with Crippen molar-refractivity contribution in [1.82, 2.24) is 0 Å². The Hall–Kier alpha value is -1.23. The van der Waals surface area contributed by atoms with Crippen LogP contribution in [0.5, 0.6) is 0 Å². The first-order valence-electron chi connectivity index (χ1n) is 3.58. The Morgan fingerprint density at radius 2 is 2.18 bits per heavy atom. The third kappa shape index (κ3) is 1.62. The van der Waals surface area contributed by atoms with Gasteiger partial charge >= 0.3 is 0 Å². The van der Waals surface area contributed by atoms with Crippen LogP contribution in [0.3, 0.4) is 0 Å². The van der Waals surface area contributed by atoms with Gasteiger partial charge in [0.2, 0.25) is 0 Å². The van der Waals surface area contributed by atoms with Crippen molar-refractivity contribution in [2.75, 3.05) is 0 Å². The Balaban J connectivity index is 3.15. The lowest BCUT2D eigenvalue weighted by Crippen LogP contribution is -2.14. The lowest BCUT2D eigenvalue weighted by atomic mass is 9.71. The van der Waals surface area contributed by atoms with Gasteiger partial charge in [-0.15, -0.1) is 0 Å². The van der Waals surface area contributed by atoms with Gasteiger partial charge in [0.1, 0.15) is 7.28 Å². The van der Waals surface area contributed by atoms with Gasteiger partial charge in [0, 0.05) is 0 Å². The summed E-state index contributed by atoms with van der Waals surface area (Å²) in [5.74, 6) is 0. The summed E-state index contributed by atoms with van der Waals surface area (Å²) >= 11 is 0. The second-order valence-electron chi connectivity index (χ2n) is 2.47. The van der Waals surface area contributed by atoms with Crippen LogP contribution in [0.1, 0.15) is 11.1 Å². The Morgan fingerprint density at radius 3 is 2.73 bits per heavy atom. The van der Waals surface area contributed by atoms with E-state index in [0.29, 0.717) is 0 Å². The maximum atomic E-state index is 8.58. The molecule has 0 amide bonds. The first-order chi connectivity index (χ1) is 5.27. The van der Waals surface area contributed by atoms with Crippen molar-refractivity contribution in [3.05, 3.63) is 29.3 Å². The van der Waals surface area contributed by atoms with Crippen LogP contribution in [0, 0.1) is 18.3 Å². The third-order valence-corrected chi connectivity index (χ3v) is 1.72. The molecule has 0 atom stereocenters. The van der Waals surface area contributed by atoms with E-state index in [1.807, 2.05) is 39.2 Å². The molecule has 0 heterocycles. The van der Waals surface area contributed by atoms with Crippen molar-refractivity contribution < 1.29 is 0 Å². The number of aryl methyl sites for hydroxylation is 1. The first-order valence-corrected chi connectivity index (χ1v) is 3.58. The molecule has 0 N–H and O–H groups in total. The van der Waals surface area contributed by atoms with Crippen LogP contribution in [-0.4, -0.2) is 7.28 Å². The Bertz CT molecular complexity index is 299. The molecule has 11 heavy (non-hydrogen) atoms. The van der Waals surface area contributed by atoms with E-state index in [9.17, 15) is 0 Å². The van der Waals surface area contributed by atoms with Gasteiger partial charge in [-0.05, 0) is 13.0 Å². The predicted octanol–water partition coefficient (Wildman–Crippen LogP) is 1.24. The van der Waals surface area contributed by atoms with E-state index >= 15 is 0 Å². The van der Waals surface area contributed by atoms with Gasteiger partial charge in [-0.2, -0.15) is 5.26 Å². The largest absolute Gasteiger partial charge is 0.192 e. The molecule has 0 aliphatic heterocycles. The second kappa shape index (κ2) is 3.25. The number of nitriles is 1. The number of hydrogen-bond donors (Lipinski definition) is 0. The molecule has 53 valence electrons. The van der Waals surface area contributed by atoms with E-state index in [-0.39, 0.29) is 0 Å². The fourth-order valence-electron chi connectivity index (χ4n) is 1.02. The summed E-state index contributed by atoms with van der Waals surface area (Å²) in [4.78, 5) is 0. The monoisotopic (exact) mass is 142 g/mol. The quantitative estimate of drug-likeness (QED) is 0.541. The highest BCUT2D eigenvalue weighted by molar-refractivity contribution is 6.52. The average Bonchev–Trinajstić information content (AvgIpc) is 2.05. The van der Waals surface area contributed by atoms with Crippen LogP contribution in [-0.2, 0) is 0 Å². The van der Waals surface area contributed by atoms with Crippen LogP contribution in [0.4, 0.5) is 0 Å². The molecule has 1 nitrogen and oxygen atoms in total. The highest BCUT2D eigenvalue weighted by Gasteiger charge is 1.96. The summed E-state index contributed by atoms with van der Waals surface area (Å²) in [6.07, 6.45) is 0. The molecule has 0 fully saturated rings. The SMILES string of the molecule is C[B]c1cc(C#N)ccc1C. The molecule has 1 radical (unpaired) electrons.